The van der Waals surface area contributed by atoms with Crippen molar-refractivity contribution in [1.29, 1.82) is 0 Å². The van der Waals surface area contributed by atoms with Crippen LogP contribution in [0.15, 0.2) is 42.6 Å². The van der Waals surface area contributed by atoms with Crippen molar-refractivity contribution in [3.63, 3.8) is 0 Å². The Morgan fingerprint density at radius 3 is 2.72 bits per heavy atom. The van der Waals surface area contributed by atoms with Crippen molar-refractivity contribution >= 4 is 17.2 Å². The van der Waals surface area contributed by atoms with Gasteiger partial charge >= 0.3 is 0 Å². The van der Waals surface area contributed by atoms with Crippen molar-refractivity contribution in [1.82, 2.24) is 4.98 Å². The molecular weight excluding hydrogens is 248 g/mol. The summed E-state index contributed by atoms with van der Waals surface area (Å²) in [7, 11) is 1.60. The van der Waals surface area contributed by atoms with Gasteiger partial charge in [0, 0.05) is 12.3 Å². The third kappa shape index (κ3) is 2.75. The van der Waals surface area contributed by atoms with Crippen LogP contribution in [0.2, 0.25) is 0 Å². The largest absolute Gasteiger partial charge is 0.497 e. The average Bonchev–Trinajstić information content (AvgIpc) is 2.39. The number of nitrogens with two attached hydrogens (primary N) is 1. The molecule has 0 radical (unpaired) electrons. The zero-order valence-electron chi connectivity index (χ0n) is 9.79. The van der Waals surface area contributed by atoms with Gasteiger partial charge in [-0.25, -0.2) is 4.98 Å². The molecular formula is C13H12N2O2S. The van der Waals surface area contributed by atoms with Crippen LogP contribution in [-0.2, 0) is 0 Å². The van der Waals surface area contributed by atoms with Gasteiger partial charge in [-0.3, -0.25) is 0 Å². The summed E-state index contributed by atoms with van der Waals surface area (Å²) in [6, 6.07) is 10.8. The van der Waals surface area contributed by atoms with E-state index in [9.17, 15) is 0 Å². The lowest BCUT2D eigenvalue weighted by molar-refractivity contribution is 0.409. The molecule has 0 saturated heterocycles. The number of hydrogen-bond donors (Lipinski definition) is 1. The second-order valence-corrected chi connectivity index (χ2v) is 3.94. The summed E-state index contributed by atoms with van der Waals surface area (Å²) in [5, 5.41) is 0. The lowest BCUT2D eigenvalue weighted by Gasteiger charge is -2.09. The highest BCUT2D eigenvalue weighted by molar-refractivity contribution is 7.80. The van der Waals surface area contributed by atoms with Crippen LogP contribution in [-0.4, -0.2) is 17.1 Å². The number of rotatable bonds is 4. The van der Waals surface area contributed by atoms with E-state index in [0.29, 0.717) is 22.9 Å². The fraction of sp³-hybridized carbons (Fsp3) is 0.0769. The van der Waals surface area contributed by atoms with E-state index < -0.39 is 0 Å². The van der Waals surface area contributed by atoms with Crippen molar-refractivity contribution in [3.8, 4) is 17.2 Å². The SMILES string of the molecule is COc1cccc(Oc2cccnc2C(N)=S)c1. The van der Waals surface area contributed by atoms with Gasteiger partial charge in [0.25, 0.3) is 0 Å². The summed E-state index contributed by atoms with van der Waals surface area (Å²) in [6.07, 6.45) is 1.62. The van der Waals surface area contributed by atoms with E-state index in [4.69, 9.17) is 27.4 Å². The molecule has 4 nitrogen and oxygen atoms in total. The van der Waals surface area contributed by atoms with E-state index in [0.717, 1.165) is 0 Å². The van der Waals surface area contributed by atoms with E-state index >= 15 is 0 Å². The smallest absolute Gasteiger partial charge is 0.156 e. The van der Waals surface area contributed by atoms with E-state index in [2.05, 4.69) is 4.98 Å². The topological polar surface area (TPSA) is 57.4 Å². The van der Waals surface area contributed by atoms with Crippen LogP contribution in [0.3, 0.4) is 0 Å². The van der Waals surface area contributed by atoms with Crippen LogP contribution in [0.4, 0.5) is 0 Å². The molecule has 0 aliphatic heterocycles. The van der Waals surface area contributed by atoms with Crippen LogP contribution >= 0.6 is 12.2 Å². The number of thiocarbonyl (C=S) groups is 1. The highest BCUT2D eigenvalue weighted by Gasteiger charge is 2.08. The molecule has 0 aliphatic carbocycles. The van der Waals surface area contributed by atoms with Crippen LogP contribution < -0.4 is 15.2 Å². The Morgan fingerprint density at radius 1 is 1.22 bits per heavy atom. The number of methoxy groups -OCH3 is 1. The summed E-state index contributed by atoms with van der Waals surface area (Å²) in [6.45, 7) is 0. The van der Waals surface area contributed by atoms with Gasteiger partial charge in [-0.1, -0.05) is 18.3 Å². The van der Waals surface area contributed by atoms with Crippen molar-refractivity contribution in [3.05, 3.63) is 48.3 Å². The highest BCUT2D eigenvalue weighted by atomic mass is 32.1. The van der Waals surface area contributed by atoms with Gasteiger partial charge in [-0.05, 0) is 24.3 Å². The molecule has 2 aromatic rings. The second kappa shape index (κ2) is 5.46. The van der Waals surface area contributed by atoms with Gasteiger partial charge in [-0.2, -0.15) is 0 Å². The molecule has 5 heteroatoms. The minimum Gasteiger partial charge on any atom is -0.497 e. The summed E-state index contributed by atoms with van der Waals surface area (Å²) < 4.78 is 10.8. The van der Waals surface area contributed by atoms with Gasteiger partial charge in [0.1, 0.15) is 22.2 Å². The highest BCUT2D eigenvalue weighted by Crippen LogP contribution is 2.26. The monoisotopic (exact) mass is 260 g/mol. The van der Waals surface area contributed by atoms with Gasteiger partial charge in [0.2, 0.25) is 0 Å². The zero-order chi connectivity index (χ0) is 13.0. The van der Waals surface area contributed by atoms with E-state index in [1.807, 2.05) is 18.2 Å². The third-order valence-corrected chi connectivity index (χ3v) is 2.47. The van der Waals surface area contributed by atoms with Gasteiger partial charge in [0.15, 0.2) is 5.75 Å². The fourth-order valence-electron chi connectivity index (χ4n) is 1.45. The fourth-order valence-corrected chi connectivity index (χ4v) is 1.60. The molecule has 0 saturated carbocycles. The third-order valence-electron chi connectivity index (χ3n) is 2.27. The number of aromatic nitrogens is 1. The molecule has 1 aromatic heterocycles. The first-order valence-electron chi connectivity index (χ1n) is 5.27. The zero-order valence-corrected chi connectivity index (χ0v) is 10.6. The molecule has 2 rings (SSSR count). The van der Waals surface area contributed by atoms with Gasteiger partial charge in [-0.15, -0.1) is 0 Å². The molecule has 0 amide bonds. The summed E-state index contributed by atoms with van der Waals surface area (Å²) in [4.78, 5) is 4.30. The van der Waals surface area contributed by atoms with Gasteiger partial charge < -0.3 is 15.2 Å². The Balaban J connectivity index is 2.31. The normalized spacial score (nSPS) is 9.83. The molecule has 18 heavy (non-hydrogen) atoms. The van der Waals surface area contributed by atoms with Crippen molar-refractivity contribution in [2.24, 2.45) is 5.73 Å². The molecule has 0 aliphatic rings. The Bertz CT molecular complexity index is 572. The van der Waals surface area contributed by atoms with Crippen LogP contribution in [0.5, 0.6) is 17.2 Å². The predicted octanol–water partition coefficient (Wildman–Crippen LogP) is 2.52. The number of benzene rings is 1. The number of hydrogen-bond acceptors (Lipinski definition) is 4. The van der Waals surface area contributed by atoms with E-state index in [1.54, 1.807) is 31.5 Å². The van der Waals surface area contributed by atoms with Crippen molar-refractivity contribution in [2.75, 3.05) is 7.11 Å². The average molecular weight is 260 g/mol. The predicted molar refractivity (Wildman–Crippen MR) is 73.2 cm³/mol. The second-order valence-electron chi connectivity index (χ2n) is 3.50. The van der Waals surface area contributed by atoms with Crippen LogP contribution in [0.25, 0.3) is 0 Å². The number of pyridine rings is 1. The van der Waals surface area contributed by atoms with Crippen LogP contribution in [0.1, 0.15) is 5.69 Å². The van der Waals surface area contributed by atoms with Crippen molar-refractivity contribution in [2.45, 2.75) is 0 Å². The maximum Gasteiger partial charge on any atom is 0.156 e. The minimum atomic E-state index is 0.202. The molecule has 0 bridgehead atoms. The first-order valence-corrected chi connectivity index (χ1v) is 5.68. The summed E-state index contributed by atoms with van der Waals surface area (Å²) >= 11 is 4.92. The Hall–Kier alpha value is -2.14. The molecule has 0 spiro atoms. The molecule has 2 N–H and O–H groups in total. The summed E-state index contributed by atoms with van der Waals surface area (Å²) in [5.74, 6) is 1.88. The Morgan fingerprint density at radius 2 is 2.00 bits per heavy atom. The van der Waals surface area contributed by atoms with E-state index in [-0.39, 0.29) is 4.99 Å². The maximum absolute atomic E-state index is 5.70. The van der Waals surface area contributed by atoms with Crippen LogP contribution in [0, 0.1) is 0 Å². The van der Waals surface area contributed by atoms with Gasteiger partial charge in [0.05, 0.1) is 7.11 Å². The maximum atomic E-state index is 5.70. The molecule has 1 heterocycles. The first kappa shape index (κ1) is 12.3. The number of nitrogens with zero attached hydrogens (tertiary/aromatic N) is 1. The lowest BCUT2D eigenvalue weighted by Crippen LogP contribution is -2.12. The Kier molecular flexibility index (Phi) is 3.74. The first-order chi connectivity index (χ1) is 8.70. The molecule has 0 unspecified atom stereocenters. The van der Waals surface area contributed by atoms with Crippen molar-refractivity contribution < 1.29 is 9.47 Å². The molecule has 0 fully saturated rings. The number of ether oxygens (including phenoxy) is 2. The lowest BCUT2D eigenvalue weighted by atomic mass is 10.3. The summed E-state index contributed by atoms with van der Waals surface area (Å²) in [5.41, 5.74) is 6.06. The molecule has 92 valence electrons. The quantitative estimate of drug-likeness (QED) is 0.856. The molecule has 1 aromatic carbocycles. The Labute approximate surface area is 110 Å². The van der Waals surface area contributed by atoms with E-state index in [1.165, 1.54) is 0 Å². The standard InChI is InChI=1S/C13H12N2O2S/c1-16-9-4-2-5-10(8-9)17-11-6-3-7-15-12(11)13(14)18/h2-8H,1H3,(H2,14,18). The molecule has 0 atom stereocenters. The minimum absolute atomic E-state index is 0.202.